The summed E-state index contributed by atoms with van der Waals surface area (Å²) < 4.78 is 19.0. The van der Waals surface area contributed by atoms with E-state index in [4.69, 9.17) is 10.5 Å². The van der Waals surface area contributed by atoms with E-state index in [2.05, 4.69) is 6.92 Å². The van der Waals surface area contributed by atoms with Crippen LogP contribution in [0.4, 0.5) is 10.1 Å². The Balaban J connectivity index is 2.08. The van der Waals surface area contributed by atoms with Crippen molar-refractivity contribution in [3.63, 3.8) is 0 Å². The maximum atomic E-state index is 13.9. The molecule has 0 bridgehead atoms. The molecule has 3 nitrogen and oxygen atoms in total. The van der Waals surface area contributed by atoms with Gasteiger partial charge in [0, 0.05) is 5.69 Å². The molecule has 0 aromatic heterocycles. The second-order valence-corrected chi connectivity index (χ2v) is 4.95. The van der Waals surface area contributed by atoms with Gasteiger partial charge in [-0.25, -0.2) is 9.18 Å². The number of nitrogens with two attached hydrogens (primary N) is 1. The predicted octanol–water partition coefficient (Wildman–Crippen LogP) is 3.64. The minimum atomic E-state index is -0.706. The number of ether oxygens (including phenoxy) is 1. The average Bonchev–Trinajstić information content (AvgIpc) is 2.49. The number of benzene rings is 2. The largest absolute Gasteiger partial charge is 0.457 e. The Hall–Kier alpha value is -2.36. The minimum absolute atomic E-state index is 0.107. The first kappa shape index (κ1) is 15.0. The quantitative estimate of drug-likeness (QED) is 0.690. The molecule has 0 aliphatic rings. The molecule has 0 heterocycles. The van der Waals surface area contributed by atoms with Gasteiger partial charge in [-0.15, -0.1) is 0 Å². The lowest BCUT2D eigenvalue weighted by atomic mass is 10.1. The average molecular weight is 287 g/mol. The van der Waals surface area contributed by atoms with Crippen LogP contribution >= 0.6 is 0 Å². The topological polar surface area (TPSA) is 52.3 Å². The molecule has 2 aromatic carbocycles. The van der Waals surface area contributed by atoms with Gasteiger partial charge in [0.2, 0.25) is 0 Å². The number of hydrogen-bond acceptors (Lipinski definition) is 3. The molecule has 4 heteroatoms. The monoisotopic (exact) mass is 287 g/mol. The van der Waals surface area contributed by atoms with Crippen LogP contribution in [-0.4, -0.2) is 5.97 Å². The number of hydrogen-bond donors (Lipinski definition) is 1. The van der Waals surface area contributed by atoms with Crippen molar-refractivity contribution in [2.75, 3.05) is 5.73 Å². The SMILES string of the molecule is CCc1ccc(COC(=O)c2cc(N)cc(C)c2F)cc1. The van der Waals surface area contributed by atoms with E-state index in [9.17, 15) is 9.18 Å². The normalized spacial score (nSPS) is 10.4. The van der Waals surface area contributed by atoms with Crippen LogP contribution < -0.4 is 5.73 Å². The fourth-order valence-corrected chi connectivity index (χ4v) is 2.04. The molecule has 0 spiro atoms. The number of halogens is 1. The second kappa shape index (κ2) is 6.39. The van der Waals surface area contributed by atoms with Gasteiger partial charge >= 0.3 is 5.97 Å². The van der Waals surface area contributed by atoms with Crippen LogP contribution in [0.5, 0.6) is 0 Å². The van der Waals surface area contributed by atoms with Gasteiger partial charge in [0.05, 0.1) is 5.56 Å². The molecule has 2 rings (SSSR count). The molecule has 0 fully saturated rings. The Morgan fingerprint density at radius 1 is 1.19 bits per heavy atom. The van der Waals surface area contributed by atoms with Crippen molar-refractivity contribution in [1.29, 1.82) is 0 Å². The van der Waals surface area contributed by atoms with Gasteiger partial charge in [-0.05, 0) is 42.2 Å². The maximum Gasteiger partial charge on any atom is 0.341 e. The first-order valence-electron chi connectivity index (χ1n) is 6.81. The van der Waals surface area contributed by atoms with Gasteiger partial charge in [0.1, 0.15) is 12.4 Å². The van der Waals surface area contributed by atoms with Gasteiger partial charge in [-0.3, -0.25) is 0 Å². The molecule has 0 aliphatic heterocycles. The zero-order valence-corrected chi connectivity index (χ0v) is 12.2. The van der Waals surface area contributed by atoms with E-state index in [-0.39, 0.29) is 12.2 Å². The summed E-state index contributed by atoms with van der Waals surface area (Å²) >= 11 is 0. The minimum Gasteiger partial charge on any atom is -0.457 e. The van der Waals surface area contributed by atoms with Gasteiger partial charge < -0.3 is 10.5 Å². The van der Waals surface area contributed by atoms with Gasteiger partial charge in [0.15, 0.2) is 0 Å². The molecule has 110 valence electrons. The molecule has 0 saturated heterocycles. The first-order chi connectivity index (χ1) is 10.0. The summed E-state index contributed by atoms with van der Waals surface area (Å²) in [5.41, 5.74) is 8.25. The molecule has 0 saturated carbocycles. The number of anilines is 1. The Morgan fingerprint density at radius 3 is 2.43 bits per heavy atom. The number of carbonyl (C=O) groups is 1. The number of esters is 1. The van der Waals surface area contributed by atoms with Gasteiger partial charge in [-0.1, -0.05) is 31.2 Å². The third kappa shape index (κ3) is 3.60. The van der Waals surface area contributed by atoms with Crippen molar-refractivity contribution < 1.29 is 13.9 Å². The zero-order valence-electron chi connectivity index (χ0n) is 12.2. The lowest BCUT2D eigenvalue weighted by Crippen LogP contribution is -2.09. The van der Waals surface area contributed by atoms with E-state index >= 15 is 0 Å². The zero-order chi connectivity index (χ0) is 15.4. The van der Waals surface area contributed by atoms with Gasteiger partial charge in [0.25, 0.3) is 0 Å². The van der Waals surface area contributed by atoms with Crippen molar-refractivity contribution >= 4 is 11.7 Å². The molecule has 0 radical (unpaired) electrons. The van der Waals surface area contributed by atoms with Crippen LogP contribution in [0.15, 0.2) is 36.4 Å². The number of aryl methyl sites for hydroxylation is 2. The molecule has 0 unspecified atom stereocenters. The molecule has 0 amide bonds. The highest BCUT2D eigenvalue weighted by Gasteiger charge is 2.16. The van der Waals surface area contributed by atoms with Crippen molar-refractivity contribution in [2.45, 2.75) is 26.9 Å². The predicted molar refractivity (Wildman–Crippen MR) is 80.5 cm³/mol. The van der Waals surface area contributed by atoms with E-state index in [0.717, 1.165) is 12.0 Å². The summed E-state index contributed by atoms with van der Waals surface area (Å²) in [5, 5.41) is 0. The summed E-state index contributed by atoms with van der Waals surface area (Å²) in [6.45, 7) is 3.74. The van der Waals surface area contributed by atoms with Crippen LogP contribution in [-0.2, 0) is 17.8 Å². The highest BCUT2D eigenvalue weighted by molar-refractivity contribution is 5.91. The van der Waals surface area contributed by atoms with E-state index in [1.54, 1.807) is 6.92 Å². The summed E-state index contributed by atoms with van der Waals surface area (Å²) in [5.74, 6) is -1.29. The number of rotatable bonds is 4. The summed E-state index contributed by atoms with van der Waals surface area (Å²) in [4.78, 5) is 11.9. The van der Waals surface area contributed by atoms with E-state index in [1.165, 1.54) is 17.7 Å². The number of nitrogen functional groups attached to an aromatic ring is 1. The smallest absolute Gasteiger partial charge is 0.341 e. The Bertz CT molecular complexity index is 651. The van der Waals surface area contributed by atoms with Crippen LogP contribution in [0.1, 0.15) is 34.0 Å². The fourth-order valence-electron chi connectivity index (χ4n) is 2.04. The molecule has 21 heavy (non-hydrogen) atoms. The second-order valence-electron chi connectivity index (χ2n) is 4.95. The molecular weight excluding hydrogens is 269 g/mol. The first-order valence-corrected chi connectivity index (χ1v) is 6.81. The third-order valence-corrected chi connectivity index (χ3v) is 3.30. The van der Waals surface area contributed by atoms with Crippen molar-refractivity contribution in [3.8, 4) is 0 Å². The fraction of sp³-hybridized carbons (Fsp3) is 0.235. The highest BCUT2D eigenvalue weighted by Crippen LogP contribution is 2.18. The molecule has 0 atom stereocenters. The Kier molecular flexibility index (Phi) is 4.58. The van der Waals surface area contributed by atoms with Gasteiger partial charge in [-0.2, -0.15) is 0 Å². The Labute approximate surface area is 123 Å². The Morgan fingerprint density at radius 2 is 1.81 bits per heavy atom. The molecule has 2 aromatic rings. The summed E-state index contributed by atoms with van der Waals surface area (Å²) in [6.07, 6.45) is 0.952. The lowest BCUT2D eigenvalue weighted by molar-refractivity contribution is 0.0467. The third-order valence-electron chi connectivity index (χ3n) is 3.30. The summed E-state index contributed by atoms with van der Waals surface area (Å²) in [7, 11) is 0. The molecule has 2 N–H and O–H groups in total. The van der Waals surface area contributed by atoms with E-state index in [1.807, 2.05) is 24.3 Å². The number of carbonyl (C=O) groups excluding carboxylic acids is 1. The standard InChI is InChI=1S/C17H18FNO2/c1-3-12-4-6-13(7-5-12)10-21-17(20)15-9-14(19)8-11(2)16(15)18/h4-9H,3,10,19H2,1-2H3. The van der Waals surface area contributed by atoms with E-state index in [0.29, 0.717) is 11.3 Å². The van der Waals surface area contributed by atoms with Crippen LogP contribution in [0.3, 0.4) is 0 Å². The van der Waals surface area contributed by atoms with Crippen molar-refractivity contribution in [3.05, 3.63) is 64.5 Å². The van der Waals surface area contributed by atoms with Crippen LogP contribution in [0, 0.1) is 12.7 Å². The lowest BCUT2D eigenvalue weighted by Gasteiger charge is -2.08. The van der Waals surface area contributed by atoms with Crippen LogP contribution in [0.25, 0.3) is 0 Å². The molecular formula is C17H18FNO2. The maximum absolute atomic E-state index is 13.9. The van der Waals surface area contributed by atoms with Crippen molar-refractivity contribution in [2.24, 2.45) is 0 Å². The highest BCUT2D eigenvalue weighted by atomic mass is 19.1. The van der Waals surface area contributed by atoms with Crippen molar-refractivity contribution in [1.82, 2.24) is 0 Å². The van der Waals surface area contributed by atoms with E-state index < -0.39 is 11.8 Å². The van der Waals surface area contributed by atoms with Crippen LogP contribution in [0.2, 0.25) is 0 Å². The summed E-state index contributed by atoms with van der Waals surface area (Å²) in [6, 6.07) is 10.5. The molecule has 0 aliphatic carbocycles.